The van der Waals surface area contributed by atoms with E-state index < -0.39 is 0 Å². The van der Waals surface area contributed by atoms with Crippen molar-refractivity contribution in [2.24, 2.45) is 10.9 Å². The predicted octanol–water partition coefficient (Wildman–Crippen LogP) is 3.33. The Morgan fingerprint density at radius 2 is 1.96 bits per heavy atom. The fourth-order valence-corrected chi connectivity index (χ4v) is 3.52. The van der Waals surface area contributed by atoms with E-state index in [2.05, 4.69) is 79.1 Å². The van der Waals surface area contributed by atoms with Crippen molar-refractivity contribution in [3.8, 4) is 0 Å². The van der Waals surface area contributed by atoms with Gasteiger partial charge in [0.25, 0.3) is 0 Å². The molecule has 1 fully saturated rings. The highest BCUT2D eigenvalue weighted by Gasteiger charge is 2.31. The Morgan fingerprint density at radius 1 is 1.25 bits per heavy atom. The molecule has 0 saturated carbocycles. The molecule has 160 valence electrons. The lowest BCUT2D eigenvalue weighted by Crippen LogP contribution is -2.46. The fourth-order valence-electron chi connectivity index (χ4n) is 3.52. The van der Waals surface area contributed by atoms with Crippen LogP contribution < -0.4 is 15.5 Å². The zero-order valence-corrected chi connectivity index (χ0v) is 20.7. The Labute approximate surface area is 188 Å². The molecule has 1 saturated heterocycles. The molecule has 2 atom stereocenters. The van der Waals surface area contributed by atoms with Crippen LogP contribution in [-0.2, 0) is 6.54 Å². The second kappa shape index (κ2) is 12.5. The second-order valence-corrected chi connectivity index (χ2v) is 7.67. The normalized spacial score (nSPS) is 20.2. The number of pyridine rings is 1. The maximum absolute atomic E-state index is 4.79. The molecule has 0 amide bonds. The van der Waals surface area contributed by atoms with Crippen LogP contribution in [0.1, 0.15) is 47.1 Å². The summed E-state index contributed by atoms with van der Waals surface area (Å²) in [6, 6.07) is 5.26. The van der Waals surface area contributed by atoms with Crippen LogP contribution in [0.15, 0.2) is 23.3 Å². The van der Waals surface area contributed by atoms with Gasteiger partial charge in [-0.3, -0.25) is 4.90 Å². The van der Waals surface area contributed by atoms with Crippen molar-refractivity contribution in [1.29, 1.82) is 0 Å². The summed E-state index contributed by atoms with van der Waals surface area (Å²) < 4.78 is 0. The molecule has 2 heterocycles. The molecule has 0 aromatic carbocycles. The largest absolute Gasteiger partial charge is 0.357 e. The molecule has 28 heavy (non-hydrogen) atoms. The van der Waals surface area contributed by atoms with Crippen molar-refractivity contribution in [3.63, 3.8) is 0 Å². The molecule has 1 aromatic heterocycles. The molecular weight excluding hydrogens is 463 g/mol. The van der Waals surface area contributed by atoms with Crippen LogP contribution in [0, 0.1) is 5.92 Å². The third-order valence-electron chi connectivity index (χ3n) is 5.35. The van der Waals surface area contributed by atoms with Crippen molar-refractivity contribution < 1.29 is 0 Å². The van der Waals surface area contributed by atoms with Gasteiger partial charge in [0, 0.05) is 51.0 Å². The van der Waals surface area contributed by atoms with Gasteiger partial charge in [-0.15, -0.1) is 24.0 Å². The first-order valence-electron chi connectivity index (χ1n) is 10.5. The highest BCUT2D eigenvalue weighted by Crippen LogP contribution is 2.18. The molecule has 7 heteroatoms. The van der Waals surface area contributed by atoms with Gasteiger partial charge in [0.05, 0.1) is 6.54 Å². The molecule has 6 nitrogen and oxygen atoms in total. The van der Waals surface area contributed by atoms with Gasteiger partial charge in [-0.25, -0.2) is 9.98 Å². The van der Waals surface area contributed by atoms with Gasteiger partial charge in [0.2, 0.25) is 0 Å². The van der Waals surface area contributed by atoms with Crippen molar-refractivity contribution in [3.05, 3.63) is 23.9 Å². The van der Waals surface area contributed by atoms with Crippen LogP contribution in [0.5, 0.6) is 0 Å². The number of rotatable bonds is 8. The highest BCUT2D eigenvalue weighted by atomic mass is 127. The van der Waals surface area contributed by atoms with Gasteiger partial charge < -0.3 is 15.5 Å². The molecule has 0 radical (unpaired) electrons. The summed E-state index contributed by atoms with van der Waals surface area (Å²) in [7, 11) is 0. The topological polar surface area (TPSA) is 55.8 Å². The fraction of sp³-hybridized carbons (Fsp3) is 0.714. The van der Waals surface area contributed by atoms with Crippen molar-refractivity contribution in [1.82, 2.24) is 20.5 Å². The SMILES string of the molecule is CCNC(=NCc1ccc(N(CC)CC)nc1)NC1CN(C(C)C)CC1C.I. The minimum absolute atomic E-state index is 0. The molecule has 0 aliphatic carbocycles. The summed E-state index contributed by atoms with van der Waals surface area (Å²) in [4.78, 5) is 14.2. The second-order valence-electron chi connectivity index (χ2n) is 7.67. The quantitative estimate of drug-likeness (QED) is 0.325. The van der Waals surface area contributed by atoms with Crippen LogP contribution >= 0.6 is 24.0 Å². The number of hydrogen-bond acceptors (Lipinski definition) is 4. The number of guanidine groups is 1. The van der Waals surface area contributed by atoms with Crippen LogP contribution in [0.25, 0.3) is 0 Å². The van der Waals surface area contributed by atoms with Crippen LogP contribution in [-0.4, -0.2) is 60.7 Å². The van der Waals surface area contributed by atoms with E-state index in [9.17, 15) is 0 Å². The molecule has 2 rings (SSSR count). The van der Waals surface area contributed by atoms with Gasteiger partial charge in [0.15, 0.2) is 5.96 Å². The molecule has 0 bridgehead atoms. The van der Waals surface area contributed by atoms with E-state index in [4.69, 9.17) is 4.99 Å². The van der Waals surface area contributed by atoms with Crippen molar-refractivity contribution >= 4 is 35.8 Å². The van der Waals surface area contributed by atoms with E-state index in [1.807, 2.05) is 6.20 Å². The number of halogens is 1. The molecule has 0 spiro atoms. The number of likely N-dealkylation sites (tertiary alicyclic amines) is 1. The van der Waals surface area contributed by atoms with Gasteiger partial charge in [0.1, 0.15) is 5.82 Å². The Hall–Kier alpha value is -1.09. The van der Waals surface area contributed by atoms with E-state index in [0.717, 1.165) is 50.1 Å². The molecule has 1 aromatic rings. The average Bonchev–Trinajstić information content (AvgIpc) is 3.03. The van der Waals surface area contributed by atoms with Gasteiger partial charge in [-0.2, -0.15) is 0 Å². The van der Waals surface area contributed by atoms with Crippen molar-refractivity contribution in [2.75, 3.05) is 37.6 Å². The van der Waals surface area contributed by atoms with Gasteiger partial charge >= 0.3 is 0 Å². The van der Waals surface area contributed by atoms with E-state index in [1.54, 1.807) is 0 Å². The molecule has 2 N–H and O–H groups in total. The lowest BCUT2D eigenvalue weighted by molar-refractivity contribution is 0.265. The van der Waals surface area contributed by atoms with E-state index in [0.29, 0.717) is 24.5 Å². The smallest absolute Gasteiger partial charge is 0.191 e. The number of anilines is 1. The number of hydrogen-bond donors (Lipinski definition) is 2. The van der Waals surface area contributed by atoms with E-state index >= 15 is 0 Å². The minimum atomic E-state index is 0. The Bertz CT molecular complexity index is 585. The standard InChI is InChI=1S/C21H38N6.HI/c1-7-22-21(25-19-15-27(16(4)5)14-17(19)6)24-13-18-10-11-20(23-12-18)26(8-2)9-3;/h10-12,16-17,19H,7-9,13-15H2,1-6H3,(H2,22,24,25);1H. The third kappa shape index (κ3) is 7.06. The Morgan fingerprint density at radius 3 is 2.46 bits per heavy atom. The first-order chi connectivity index (χ1) is 13.0. The summed E-state index contributed by atoms with van der Waals surface area (Å²) in [5.41, 5.74) is 1.13. The highest BCUT2D eigenvalue weighted by molar-refractivity contribution is 14.0. The number of aromatic nitrogens is 1. The lowest BCUT2D eigenvalue weighted by Gasteiger charge is -2.22. The van der Waals surface area contributed by atoms with Crippen LogP contribution in [0.4, 0.5) is 5.82 Å². The minimum Gasteiger partial charge on any atom is -0.357 e. The lowest BCUT2D eigenvalue weighted by atomic mass is 10.1. The van der Waals surface area contributed by atoms with E-state index in [-0.39, 0.29) is 24.0 Å². The summed E-state index contributed by atoms with van der Waals surface area (Å²) in [6.45, 7) is 18.9. The van der Waals surface area contributed by atoms with Crippen LogP contribution in [0.2, 0.25) is 0 Å². The first kappa shape index (κ1) is 24.9. The number of nitrogens with zero attached hydrogens (tertiary/aromatic N) is 4. The summed E-state index contributed by atoms with van der Waals surface area (Å²) in [6.07, 6.45) is 1.94. The Balaban J connectivity index is 0.00000392. The van der Waals surface area contributed by atoms with E-state index in [1.165, 1.54) is 0 Å². The zero-order chi connectivity index (χ0) is 19.8. The number of aliphatic imine (C=N–C) groups is 1. The van der Waals surface area contributed by atoms with Crippen molar-refractivity contribution in [2.45, 2.75) is 60.2 Å². The maximum Gasteiger partial charge on any atom is 0.191 e. The van der Waals surface area contributed by atoms with Gasteiger partial charge in [-0.05, 0) is 52.2 Å². The zero-order valence-electron chi connectivity index (χ0n) is 18.4. The maximum atomic E-state index is 4.79. The van der Waals surface area contributed by atoms with Gasteiger partial charge in [-0.1, -0.05) is 13.0 Å². The summed E-state index contributed by atoms with van der Waals surface area (Å²) in [5.74, 6) is 2.55. The average molecular weight is 502 g/mol. The molecule has 1 aliphatic rings. The molecular formula is C21H39IN6. The molecule has 2 unspecified atom stereocenters. The monoisotopic (exact) mass is 502 g/mol. The number of nitrogens with one attached hydrogen (secondary N) is 2. The summed E-state index contributed by atoms with van der Waals surface area (Å²) in [5, 5.41) is 7.02. The van der Waals surface area contributed by atoms with Crippen LogP contribution in [0.3, 0.4) is 0 Å². The first-order valence-corrected chi connectivity index (χ1v) is 10.5. The molecule has 1 aliphatic heterocycles. The Kier molecular flexibility index (Phi) is 11.1. The third-order valence-corrected chi connectivity index (χ3v) is 5.35. The summed E-state index contributed by atoms with van der Waals surface area (Å²) >= 11 is 0. The predicted molar refractivity (Wildman–Crippen MR) is 131 cm³/mol.